The Morgan fingerprint density at radius 1 is 1.30 bits per heavy atom. The number of aromatic amines is 1. The number of nitrogens with one attached hydrogen (secondary N) is 1. The van der Waals surface area contributed by atoms with Crippen LogP contribution < -0.4 is 0 Å². The minimum absolute atomic E-state index is 0.860. The molecule has 3 rings (SSSR count). The number of hydrogen-bond donors (Lipinski definition) is 1. The lowest BCUT2D eigenvalue weighted by Gasteiger charge is -2.14. The van der Waals surface area contributed by atoms with E-state index in [4.69, 9.17) is 0 Å². The molecule has 1 N–H and O–H groups in total. The monoisotopic (exact) mass is 269 g/mol. The molecule has 3 heterocycles. The van der Waals surface area contributed by atoms with E-state index in [-0.39, 0.29) is 0 Å². The van der Waals surface area contributed by atoms with Crippen LogP contribution in [0.3, 0.4) is 0 Å². The van der Waals surface area contributed by atoms with Gasteiger partial charge in [-0.15, -0.1) is 0 Å². The van der Waals surface area contributed by atoms with Gasteiger partial charge in [-0.1, -0.05) is 6.07 Å². The van der Waals surface area contributed by atoms with Gasteiger partial charge in [-0.25, -0.2) is 4.98 Å². The van der Waals surface area contributed by atoms with E-state index in [9.17, 15) is 0 Å². The fourth-order valence-electron chi connectivity index (χ4n) is 2.32. The van der Waals surface area contributed by atoms with Crippen LogP contribution in [0.25, 0.3) is 5.65 Å². The average Bonchev–Trinajstić information content (AvgIpc) is 3.04. The van der Waals surface area contributed by atoms with E-state index in [1.54, 1.807) is 0 Å². The summed E-state index contributed by atoms with van der Waals surface area (Å²) in [5.74, 6) is 0. The predicted molar refractivity (Wildman–Crippen MR) is 78.6 cm³/mol. The Morgan fingerprint density at radius 3 is 3.00 bits per heavy atom. The van der Waals surface area contributed by atoms with Gasteiger partial charge in [-0.3, -0.25) is 5.10 Å². The summed E-state index contributed by atoms with van der Waals surface area (Å²) in [5.41, 5.74) is 4.59. The molecule has 0 aliphatic carbocycles. The smallest absolute Gasteiger partial charge is 0.137 e. The second kappa shape index (κ2) is 5.46. The number of imidazole rings is 1. The molecule has 0 aliphatic heterocycles. The van der Waals surface area contributed by atoms with Crippen molar-refractivity contribution in [1.29, 1.82) is 0 Å². The molecule has 0 aliphatic rings. The third-order valence-corrected chi connectivity index (χ3v) is 3.42. The number of aromatic nitrogens is 4. The highest BCUT2D eigenvalue weighted by atomic mass is 15.1. The molecule has 0 saturated carbocycles. The van der Waals surface area contributed by atoms with Gasteiger partial charge in [0.05, 0.1) is 11.9 Å². The van der Waals surface area contributed by atoms with Crippen molar-refractivity contribution >= 4 is 5.65 Å². The molecule has 0 radical (unpaired) electrons. The maximum absolute atomic E-state index is 4.64. The maximum Gasteiger partial charge on any atom is 0.137 e. The van der Waals surface area contributed by atoms with E-state index in [1.165, 1.54) is 11.1 Å². The second-order valence-electron chi connectivity index (χ2n) is 5.30. The van der Waals surface area contributed by atoms with Gasteiger partial charge in [0.2, 0.25) is 0 Å². The number of likely N-dealkylation sites (N-methyl/N-ethyl adjacent to an activating group) is 1. The number of aryl methyl sites for hydroxylation is 1. The first kappa shape index (κ1) is 12.9. The van der Waals surface area contributed by atoms with Crippen LogP contribution in [0, 0.1) is 6.92 Å². The van der Waals surface area contributed by atoms with Gasteiger partial charge in [-0.05, 0) is 37.6 Å². The van der Waals surface area contributed by atoms with E-state index in [1.807, 2.05) is 12.4 Å². The van der Waals surface area contributed by atoms with Crippen molar-refractivity contribution in [2.75, 3.05) is 13.6 Å². The van der Waals surface area contributed by atoms with E-state index in [0.29, 0.717) is 0 Å². The minimum atomic E-state index is 0.860. The molecule has 0 atom stereocenters. The summed E-state index contributed by atoms with van der Waals surface area (Å²) in [6, 6.07) is 4.15. The van der Waals surface area contributed by atoms with Crippen LogP contribution in [0.4, 0.5) is 0 Å². The zero-order valence-corrected chi connectivity index (χ0v) is 11.9. The van der Waals surface area contributed by atoms with Crippen molar-refractivity contribution in [3.8, 4) is 0 Å². The van der Waals surface area contributed by atoms with Crippen molar-refractivity contribution in [3.05, 3.63) is 53.7 Å². The molecular weight excluding hydrogens is 250 g/mol. The number of rotatable bonds is 5. The summed E-state index contributed by atoms with van der Waals surface area (Å²) in [4.78, 5) is 6.92. The minimum Gasteiger partial charge on any atom is -0.307 e. The fraction of sp³-hybridized carbons (Fsp3) is 0.333. The van der Waals surface area contributed by atoms with Crippen LogP contribution in [-0.4, -0.2) is 38.1 Å². The molecule has 0 aromatic carbocycles. The van der Waals surface area contributed by atoms with Gasteiger partial charge in [-0.2, -0.15) is 5.10 Å². The number of nitrogens with zero attached hydrogens (tertiary/aromatic N) is 4. The van der Waals surface area contributed by atoms with Crippen molar-refractivity contribution in [1.82, 2.24) is 24.5 Å². The van der Waals surface area contributed by atoms with Gasteiger partial charge in [0.15, 0.2) is 0 Å². The Morgan fingerprint density at radius 2 is 2.20 bits per heavy atom. The summed E-state index contributed by atoms with van der Waals surface area (Å²) in [6.45, 7) is 3.95. The molecule has 0 saturated heterocycles. The molecule has 3 aromatic heterocycles. The Labute approximate surface area is 118 Å². The summed E-state index contributed by atoms with van der Waals surface area (Å²) in [5, 5.41) is 6.80. The van der Waals surface area contributed by atoms with Gasteiger partial charge < -0.3 is 9.30 Å². The molecule has 20 heavy (non-hydrogen) atoms. The molecule has 0 unspecified atom stereocenters. The molecule has 0 amide bonds. The number of hydrogen-bond acceptors (Lipinski definition) is 3. The Kier molecular flexibility index (Phi) is 3.52. The normalized spacial score (nSPS) is 11.6. The highest BCUT2D eigenvalue weighted by Crippen LogP contribution is 2.09. The lowest BCUT2D eigenvalue weighted by Crippen LogP contribution is -2.20. The number of H-pyrrole nitrogens is 1. The largest absolute Gasteiger partial charge is 0.307 e. The fourth-order valence-corrected chi connectivity index (χ4v) is 2.32. The number of pyridine rings is 1. The Balaban J connectivity index is 1.63. The predicted octanol–water partition coefficient (Wildman–Crippen LogP) is 2.04. The molecular formula is C15H19N5. The first-order chi connectivity index (χ1) is 9.70. The summed E-state index contributed by atoms with van der Waals surface area (Å²) in [6.07, 6.45) is 9.04. The van der Waals surface area contributed by atoms with Crippen LogP contribution >= 0.6 is 0 Å². The highest BCUT2D eigenvalue weighted by molar-refractivity contribution is 5.41. The first-order valence-corrected chi connectivity index (χ1v) is 6.81. The van der Waals surface area contributed by atoms with Gasteiger partial charge in [0, 0.05) is 31.7 Å². The topological polar surface area (TPSA) is 49.2 Å². The average molecular weight is 269 g/mol. The van der Waals surface area contributed by atoms with Crippen LogP contribution in [-0.2, 0) is 13.0 Å². The molecule has 0 bridgehead atoms. The third kappa shape index (κ3) is 2.88. The Bertz CT molecular complexity index is 683. The number of fused-ring (bicyclic) bond motifs is 1. The van der Waals surface area contributed by atoms with Crippen molar-refractivity contribution in [3.63, 3.8) is 0 Å². The van der Waals surface area contributed by atoms with Crippen LogP contribution in [0.2, 0.25) is 0 Å². The lowest BCUT2D eigenvalue weighted by molar-refractivity contribution is 0.328. The lowest BCUT2D eigenvalue weighted by atomic mass is 10.2. The third-order valence-electron chi connectivity index (χ3n) is 3.42. The first-order valence-electron chi connectivity index (χ1n) is 6.81. The zero-order valence-electron chi connectivity index (χ0n) is 11.9. The SMILES string of the molecule is Cc1ccc2nc(CN(C)CCc3cn[nH]c3)cn2c1. The van der Waals surface area contributed by atoms with Gasteiger partial charge in [0.25, 0.3) is 0 Å². The zero-order chi connectivity index (χ0) is 13.9. The molecule has 5 heteroatoms. The quantitative estimate of drug-likeness (QED) is 0.771. The van der Waals surface area contributed by atoms with Crippen LogP contribution in [0.1, 0.15) is 16.8 Å². The van der Waals surface area contributed by atoms with Gasteiger partial charge >= 0.3 is 0 Å². The van der Waals surface area contributed by atoms with Crippen molar-refractivity contribution in [2.45, 2.75) is 19.9 Å². The van der Waals surface area contributed by atoms with Crippen molar-refractivity contribution in [2.24, 2.45) is 0 Å². The summed E-state index contributed by atoms with van der Waals surface area (Å²) >= 11 is 0. The Hall–Kier alpha value is -2.14. The summed E-state index contributed by atoms with van der Waals surface area (Å²) < 4.78 is 2.09. The van der Waals surface area contributed by atoms with E-state index in [0.717, 1.165) is 30.9 Å². The molecule has 5 nitrogen and oxygen atoms in total. The molecule has 3 aromatic rings. The van der Waals surface area contributed by atoms with E-state index < -0.39 is 0 Å². The van der Waals surface area contributed by atoms with Crippen molar-refractivity contribution < 1.29 is 0 Å². The molecule has 0 spiro atoms. The van der Waals surface area contributed by atoms with Crippen LogP contribution in [0.5, 0.6) is 0 Å². The summed E-state index contributed by atoms with van der Waals surface area (Å²) in [7, 11) is 2.12. The second-order valence-corrected chi connectivity index (χ2v) is 5.30. The van der Waals surface area contributed by atoms with Crippen LogP contribution in [0.15, 0.2) is 36.9 Å². The van der Waals surface area contributed by atoms with Gasteiger partial charge in [0.1, 0.15) is 5.65 Å². The molecule has 0 fully saturated rings. The highest BCUT2D eigenvalue weighted by Gasteiger charge is 2.06. The van der Waals surface area contributed by atoms with E-state index in [2.05, 4.69) is 63.0 Å². The molecule has 104 valence electrons. The van der Waals surface area contributed by atoms with E-state index >= 15 is 0 Å². The maximum atomic E-state index is 4.64. The standard InChI is InChI=1S/C15H19N5/c1-12-3-4-15-18-14(11-20(15)9-12)10-19(2)6-5-13-7-16-17-8-13/h3-4,7-9,11H,5-6,10H2,1-2H3,(H,16,17).